The molecule has 12 heteroatoms. The molecule has 4 heterocycles. The fraction of sp³-hybridized carbons (Fsp3) is 0.160. The predicted octanol–water partition coefficient (Wildman–Crippen LogP) is 3.33. The molecule has 0 saturated carbocycles. The highest BCUT2D eigenvalue weighted by Gasteiger charge is 2.11. The van der Waals surface area contributed by atoms with Gasteiger partial charge in [0.05, 0.1) is 12.7 Å². The molecule has 37 heavy (non-hydrogen) atoms. The number of ether oxygens (including phenoxy) is 2. The molecule has 0 atom stereocenters. The number of fused-ring (bicyclic) bond motifs is 2. The third kappa shape index (κ3) is 5.27. The lowest BCUT2D eigenvalue weighted by Crippen LogP contribution is -2.29. The molecule has 5 rings (SSSR count). The van der Waals surface area contributed by atoms with Crippen molar-refractivity contribution in [3.05, 3.63) is 73.6 Å². The lowest BCUT2D eigenvalue weighted by Gasteiger charge is -2.15. The Labute approximate surface area is 211 Å². The average molecular weight is 498 g/mol. The van der Waals surface area contributed by atoms with Gasteiger partial charge in [-0.3, -0.25) is 4.79 Å². The summed E-state index contributed by atoms with van der Waals surface area (Å²) >= 11 is 0. The average Bonchev–Trinajstić information content (AvgIpc) is 3.38. The van der Waals surface area contributed by atoms with E-state index in [0.717, 1.165) is 11.3 Å². The van der Waals surface area contributed by atoms with Gasteiger partial charge in [-0.25, -0.2) is 24.5 Å². The van der Waals surface area contributed by atoms with Gasteiger partial charge >= 0.3 is 6.01 Å². The maximum absolute atomic E-state index is 11.6. The number of rotatable bonds is 9. The molecule has 0 spiro atoms. The molecule has 186 valence electrons. The van der Waals surface area contributed by atoms with Crippen LogP contribution in [0.25, 0.3) is 16.7 Å². The zero-order chi connectivity index (χ0) is 25.8. The van der Waals surface area contributed by atoms with E-state index in [1.165, 1.54) is 23.6 Å². The van der Waals surface area contributed by atoms with Crippen LogP contribution in [0.3, 0.4) is 0 Å². The molecule has 12 nitrogen and oxygen atoms in total. The summed E-state index contributed by atoms with van der Waals surface area (Å²) in [7, 11) is 1.67. The van der Waals surface area contributed by atoms with Crippen molar-refractivity contribution in [2.24, 2.45) is 0 Å². The Morgan fingerprint density at radius 1 is 1.16 bits per heavy atom. The summed E-state index contributed by atoms with van der Waals surface area (Å²) in [5.41, 5.74) is 3.48. The number of benzene rings is 1. The summed E-state index contributed by atoms with van der Waals surface area (Å²) < 4.78 is 13.4. The summed E-state index contributed by atoms with van der Waals surface area (Å²) in [6.07, 6.45) is 7.54. The van der Waals surface area contributed by atoms with Crippen molar-refractivity contribution in [1.29, 1.82) is 0 Å². The number of amides is 1. The van der Waals surface area contributed by atoms with Crippen molar-refractivity contribution in [3.63, 3.8) is 0 Å². The molecule has 1 N–H and O–H groups in total. The van der Waals surface area contributed by atoms with Gasteiger partial charge in [-0.05, 0) is 42.8 Å². The van der Waals surface area contributed by atoms with E-state index < -0.39 is 0 Å². The van der Waals surface area contributed by atoms with Crippen LogP contribution in [0, 0.1) is 6.92 Å². The smallest absolute Gasteiger partial charge is 0.317 e. The first kappa shape index (κ1) is 23.6. The number of pyridine rings is 1. The molecule has 0 aliphatic carbocycles. The van der Waals surface area contributed by atoms with Crippen molar-refractivity contribution < 1.29 is 14.3 Å². The van der Waals surface area contributed by atoms with Gasteiger partial charge in [0, 0.05) is 25.0 Å². The van der Waals surface area contributed by atoms with Gasteiger partial charge < -0.3 is 19.7 Å². The molecule has 5 aromatic rings. The van der Waals surface area contributed by atoms with E-state index >= 15 is 0 Å². The van der Waals surface area contributed by atoms with Crippen molar-refractivity contribution in [2.75, 3.05) is 25.5 Å². The molecule has 0 bridgehead atoms. The van der Waals surface area contributed by atoms with Gasteiger partial charge in [-0.2, -0.15) is 10.1 Å². The Balaban J connectivity index is 1.31. The van der Waals surface area contributed by atoms with Gasteiger partial charge in [-0.1, -0.05) is 6.58 Å². The quantitative estimate of drug-likeness (QED) is 0.302. The molecule has 0 unspecified atom stereocenters. The zero-order valence-corrected chi connectivity index (χ0v) is 20.2. The highest BCUT2D eigenvalue weighted by molar-refractivity contribution is 5.87. The first-order valence-electron chi connectivity index (χ1n) is 11.3. The standard InChI is InChI=1S/C25H23N9O3/c1-4-22(35)33(3)9-10-36-25-26-13-19-23(32-25)24(29-14-27-19)31-17-5-6-20(16(2)11-17)37-18-7-8-34-21(12-18)28-15-30-34/h4-8,11-15H,1,9-10H2,2-3H3,(H,27,29,31). The highest BCUT2D eigenvalue weighted by Crippen LogP contribution is 2.29. The Morgan fingerprint density at radius 3 is 2.89 bits per heavy atom. The van der Waals surface area contributed by atoms with Crippen molar-refractivity contribution in [2.45, 2.75) is 6.92 Å². The molecule has 0 radical (unpaired) electrons. The highest BCUT2D eigenvalue weighted by atomic mass is 16.5. The number of carbonyl (C=O) groups is 1. The van der Waals surface area contributed by atoms with Crippen LogP contribution in [0.2, 0.25) is 0 Å². The molecule has 0 aliphatic rings. The second-order valence-electron chi connectivity index (χ2n) is 8.05. The van der Waals surface area contributed by atoms with Gasteiger partial charge in [-0.15, -0.1) is 0 Å². The van der Waals surface area contributed by atoms with E-state index in [2.05, 4.69) is 41.9 Å². The van der Waals surface area contributed by atoms with Crippen LogP contribution in [0.1, 0.15) is 5.56 Å². The summed E-state index contributed by atoms with van der Waals surface area (Å²) in [5.74, 6) is 1.68. The Kier molecular flexibility index (Phi) is 6.53. The largest absolute Gasteiger partial charge is 0.462 e. The minimum atomic E-state index is -0.189. The van der Waals surface area contributed by atoms with Gasteiger partial charge in [0.2, 0.25) is 5.91 Å². The Hall–Kier alpha value is -5.13. The zero-order valence-electron chi connectivity index (χ0n) is 20.2. The third-order valence-corrected chi connectivity index (χ3v) is 5.48. The minimum Gasteiger partial charge on any atom is -0.462 e. The van der Waals surface area contributed by atoms with Crippen LogP contribution in [0.4, 0.5) is 11.5 Å². The summed E-state index contributed by atoms with van der Waals surface area (Å²) in [6.45, 7) is 6.02. The number of nitrogens with one attached hydrogen (secondary N) is 1. The summed E-state index contributed by atoms with van der Waals surface area (Å²) in [4.78, 5) is 34.5. The monoisotopic (exact) mass is 497 g/mol. The van der Waals surface area contributed by atoms with Crippen LogP contribution in [-0.2, 0) is 4.79 Å². The van der Waals surface area contributed by atoms with E-state index in [1.807, 2.05) is 37.3 Å². The molecule has 1 amide bonds. The van der Waals surface area contributed by atoms with Crippen LogP contribution in [0.5, 0.6) is 17.5 Å². The second kappa shape index (κ2) is 10.2. The maximum Gasteiger partial charge on any atom is 0.317 e. The fourth-order valence-corrected chi connectivity index (χ4v) is 3.50. The molecule has 0 aliphatic heterocycles. The van der Waals surface area contributed by atoms with E-state index in [1.54, 1.807) is 24.0 Å². The Bertz CT molecular complexity index is 1600. The molecule has 0 fully saturated rings. The van der Waals surface area contributed by atoms with Crippen LogP contribution in [0.15, 0.2) is 68.0 Å². The second-order valence-corrected chi connectivity index (χ2v) is 8.05. The summed E-state index contributed by atoms with van der Waals surface area (Å²) in [6, 6.07) is 9.52. The number of aryl methyl sites for hydroxylation is 1. The van der Waals surface area contributed by atoms with Crippen molar-refractivity contribution in [1.82, 2.24) is 39.4 Å². The van der Waals surface area contributed by atoms with Crippen molar-refractivity contribution >= 4 is 34.1 Å². The lowest BCUT2D eigenvalue weighted by atomic mass is 10.2. The van der Waals surface area contributed by atoms with E-state index in [0.29, 0.717) is 40.5 Å². The molecule has 0 saturated heterocycles. The van der Waals surface area contributed by atoms with Gasteiger partial charge in [0.25, 0.3) is 0 Å². The third-order valence-electron chi connectivity index (χ3n) is 5.48. The van der Waals surface area contributed by atoms with E-state index in [9.17, 15) is 4.79 Å². The molecular weight excluding hydrogens is 474 g/mol. The maximum atomic E-state index is 11.6. The van der Waals surface area contributed by atoms with Gasteiger partial charge in [0.15, 0.2) is 11.5 Å². The number of hydrogen-bond donors (Lipinski definition) is 1. The first-order valence-corrected chi connectivity index (χ1v) is 11.3. The van der Waals surface area contributed by atoms with E-state index in [-0.39, 0.29) is 18.5 Å². The van der Waals surface area contributed by atoms with Crippen LogP contribution in [-0.4, -0.2) is 65.5 Å². The molecular formula is C25H23N9O3. The minimum absolute atomic E-state index is 0.161. The normalized spacial score (nSPS) is 10.9. The lowest BCUT2D eigenvalue weighted by molar-refractivity contribution is -0.125. The fourth-order valence-electron chi connectivity index (χ4n) is 3.50. The number of carbonyl (C=O) groups excluding carboxylic acids is 1. The van der Waals surface area contributed by atoms with Crippen molar-refractivity contribution in [3.8, 4) is 17.5 Å². The number of anilines is 2. The van der Waals surface area contributed by atoms with Gasteiger partial charge in [0.1, 0.15) is 41.8 Å². The summed E-state index contributed by atoms with van der Waals surface area (Å²) in [5, 5.41) is 7.38. The van der Waals surface area contributed by atoms with E-state index in [4.69, 9.17) is 9.47 Å². The Morgan fingerprint density at radius 2 is 2.05 bits per heavy atom. The number of hydrogen-bond acceptors (Lipinski definition) is 10. The first-order chi connectivity index (χ1) is 18.0. The number of aromatic nitrogens is 7. The van der Waals surface area contributed by atoms with Crippen LogP contribution >= 0.6 is 0 Å². The van der Waals surface area contributed by atoms with Crippen LogP contribution < -0.4 is 14.8 Å². The SMILES string of the molecule is C=CC(=O)N(C)CCOc1ncc2ncnc(Nc3ccc(Oc4ccn5ncnc5c4)c(C)c3)c2n1. The predicted molar refractivity (Wildman–Crippen MR) is 136 cm³/mol. The number of likely N-dealkylation sites (N-methyl/N-ethyl adjacent to an activating group) is 1. The molecule has 1 aromatic carbocycles. The number of nitrogens with zero attached hydrogens (tertiary/aromatic N) is 8. The molecule has 4 aromatic heterocycles. The topological polar surface area (TPSA) is 133 Å².